The molecule has 1 aromatic heterocycles. The summed E-state index contributed by atoms with van der Waals surface area (Å²) in [7, 11) is 0. The van der Waals surface area contributed by atoms with Gasteiger partial charge in [-0.1, -0.05) is 0 Å². The van der Waals surface area contributed by atoms with Crippen LogP contribution in [0, 0.1) is 5.92 Å². The maximum absolute atomic E-state index is 12.6. The van der Waals surface area contributed by atoms with Gasteiger partial charge in [-0.05, 0) is 30.7 Å². The van der Waals surface area contributed by atoms with E-state index in [4.69, 9.17) is 4.74 Å². The Morgan fingerprint density at radius 1 is 1.09 bits per heavy atom. The van der Waals surface area contributed by atoms with Crippen LogP contribution in [-0.4, -0.2) is 61.0 Å². The number of rotatable bonds is 2. The Bertz CT molecular complexity index is 511. The monoisotopic (exact) mass is 322 g/mol. The molecule has 22 heavy (non-hydrogen) atoms. The summed E-state index contributed by atoms with van der Waals surface area (Å²) in [5.41, 5.74) is 0.759. The summed E-state index contributed by atoms with van der Waals surface area (Å²) in [4.78, 5) is 28.8. The zero-order chi connectivity index (χ0) is 15.4. The first-order valence-corrected chi connectivity index (χ1v) is 8.88. The minimum Gasteiger partial charge on any atom is -0.381 e. The van der Waals surface area contributed by atoms with Crippen molar-refractivity contribution < 1.29 is 14.3 Å². The van der Waals surface area contributed by atoms with E-state index in [1.807, 2.05) is 26.6 Å². The molecule has 2 saturated heterocycles. The Morgan fingerprint density at radius 3 is 2.55 bits per heavy atom. The van der Waals surface area contributed by atoms with Crippen LogP contribution in [0.25, 0.3) is 0 Å². The molecule has 3 heterocycles. The van der Waals surface area contributed by atoms with Crippen molar-refractivity contribution in [2.45, 2.75) is 19.3 Å². The van der Waals surface area contributed by atoms with E-state index >= 15 is 0 Å². The van der Waals surface area contributed by atoms with Crippen LogP contribution in [0.5, 0.6) is 0 Å². The van der Waals surface area contributed by atoms with Crippen molar-refractivity contribution in [3.8, 4) is 0 Å². The predicted molar refractivity (Wildman–Crippen MR) is 85.0 cm³/mol. The molecule has 3 rings (SSSR count). The van der Waals surface area contributed by atoms with Crippen LogP contribution < -0.4 is 0 Å². The van der Waals surface area contributed by atoms with E-state index in [0.29, 0.717) is 26.3 Å². The van der Waals surface area contributed by atoms with Gasteiger partial charge in [-0.2, -0.15) is 11.3 Å². The summed E-state index contributed by atoms with van der Waals surface area (Å²) in [6, 6.07) is 1.86. The highest BCUT2D eigenvalue weighted by Crippen LogP contribution is 2.19. The molecule has 0 saturated carbocycles. The van der Waals surface area contributed by atoms with E-state index < -0.39 is 0 Å². The second-order valence-electron chi connectivity index (χ2n) is 5.87. The lowest BCUT2D eigenvalue weighted by Gasteiger charge is -2.28. The second-order valence-corrected chi connectivity index (χ2v) is 6.65. The fourth-order valence-corrected chi connectivity index (χ4v) is 3.74. The standard InChI is InChI=1S/C16H22N2O3S/c19-15(13-2-9-21-10-3-13)17-5-1-6-18(8-7-17)16(20)14-4-11-22-12-14/h4,11-13H,1-3,5-10H2. The minimum absolute atomic E-state index is 0.0848. The molecule has 5 nitrogen and oxygen atoms in total. The van der Waals surface area contributed by atoms with E-state index in [9.17, 15) is 9.59 Å². The van der Waals surface area contributed by atoms with Crippen molar-refractivity contribution in [2.24, 2.45) is 5.92 Å². The van der Waals surface area contributed by atoms with Crippen molar-refractivity contribution >= 4 is 23.2 Å². The highest BCUT2D eigenvalue weighted by Gasteiger charge is 2.28. The van der Waals surface area contributed by atoms with Gasteiger partial charge in [0.25, 0.3) is 5.91 Å². The Morgan fingerprint density at radius 2 is 1.82 bits per heavy atom. The summed E-state index contributed by atoms with van der Waals surface area (Å²) >= 11 is 1.54. The molecule has 0 aliphatic carbocycles. The summed E-state index contributed by atoms with van der Waals surface area (Å²) in [6.07, 6.45) is 2.50. The van der Waals surface area contributed by atoms with Crippen molar-refractivity contribution in [2.75, 3.05) is 39.4 Å². The van der Waals surface area contributed by atoms with E-state index in [1.54, 1.807) is 0 Å². The van der Waals surface area contributed by atoms with E-state index in [2.05, 4.69) is 0 Å². The second kappa shape index (κ2) is 7.24. The molecule has 1 aromatic rings. The number of ether oxygens (including phenoxy) is 1. The van der Waals surface area contributed by atoms with E-state index in [0.717, 1.165) is 37.9 Å². The fourth-order valence-electron chi connectivity index (χ4n) is 3.11. The summed E-state index contributed by atoms with van der Waals surface area (Å²) in [5, 5.41) is 3.81. The Balaban J connectivity index is 1.57. The Hall–Kier alpha value is -1.40. The van der Waals surface area contributed by atoms with Gasteiger partial charge in [0.15, 0.2) is 0 Å². The molecular formula is C16H22N2O3S. The Labute approximate surface area is 134 Å². The highest BCUT2D eigenvalue weighted by atomic mass is 32.1. The molecule has 6 heteroatoms. The molecular weight excluding hydrogens is 300 g/mol. The van der Waals surface area contributed by atoms with Crippen LogP contribution >= 0.6 is 11.3 Å². The zero-order valence-corrected chi connectivity index (χ0v) is 13.5. The van der Waals surface area contributed by atoms with Crippen LogP contribution in [0.15, 0.2) is 16.8 Å². The van der Waals surface area contributed by atoms with Gasteiger partial charge in [-0.25, -0.2) is 0 Å². The molecule has 2 fully saturated rings. The predicted octanol–water partition coefficient (Wildman–Crippen LogP) is 1.85. The van der Waals surface area contributed by atoms with Crippen molar-refractivity contribution in [3.05, 3.63) is 22.4 Å². The molecule has 120 valence electrons. The molecule has 0 unspecified atom stereocenters. The Kier molecular flexibility index (Phi) is 5.10. The van der Waals surface area contributed by atoms with Crippen LogP contribution in [0.4, 0.5) is 0 Å². The molecule has 0 spiro atoms. The van der Waals surface area contributed by atoms with Gasteiger partial charge in [0, 0.05) is 50.7 Å². The molecule has 0 radical (unpaired) electrons. The largest absolute Gasteiger partial charge is 0.381 e. The SMILES string of the molecule is O=C(c1ccsc1)N1CCCN(C(=O)C2CCOCC2)CC1. The van der Waals surface area contributed by atoms with Gasteiger partial charge in [0.2, 0.25) is 5.91 Å². The maximum Gasteiger partial charge on any atom is 0.254 e. The first-order chi connectivity index (χ1) is 10.8. The molecule has 2 amide bonds. The number of hydrogen-bond acceptors (Lipinski definition) is 4. The van der Waals surface area contributed by atoms with Crippen LogP contribution in [-0.2, 0) is 9.53 Å². The normalized spacial score (nSPS) is 20.7. The summed E-state index contributed by atoms with van der Waals surface area (Å²) < 4.78 is 5.33. The first-order valence-electron chi connectivity index (χ1n) is 7.93. The van der Waals surface area contributed by atoms with Crippen molar-refractivity contribution in [3.63, 3.8) is 0 Å². The number of nitrogens with zero attached hydrogens (tertiary/aromatic N) is 2. The molecule has 0 bridgehead atoms. The molecule has 2 aliphatic rings. The van der Waals surface area contributed by atoms with E-state index in [-0.39, 0.29) is 17.7 Å². The number of hydrogen-bond donors (Lipinski definition) is 0. The third-order valence-corrected chi connectivity index (χ3v) is 5.12. The lowest BCUT2D eigenvalue weighted by Crippen LogP contribution is -2.41. The lowest BCUT2D eigenvalue weighted by molar-refractivity contribution is -0.138. The maximum atomic E-state index is 12.6. The minimum atomic E-state index is 0.0848. The average Bonchev–Trinajstić information content (AvgIpc) is 2.99. The first kappa shape index (κ1) is 15.5. The molecule has 0 N–H and O–H groups in total. The quantitative estimate of drug-likeness (QED) is 0.835. The van der Waals surface area contributed by atoms with Gasteiger partial charge in [-0.3, -0.25) is 9.59 Å². The number of carbonyl (C=O) groups is 2. The van der Waals surface area contributed by atoms with Crippen LogP contribution in [0.2, 0.25) is 0 Å². The topological polar surface area (TPSA) is 49.9 Å². The third kappa shape index (κ3) is 3.50. The summed E-state index contributed by atoms with van der Waals surface area (Å²) in [6.45, 7) is 4.13. The lowest BCUT2D eigenvalue weighted by atomic mass is 9.98. The molecule has 0 aromatic carbocycles. The number of amides is 2. The van der Waals surface area contributed by atoms with Gasteiger partial charge >= 0.3 is 0 Å². The van der Waals surface area contributed by atoms with Crippen molar-refractivity contribution in [1.29, 1.82) is 0 Å². The molecule has 2 aliphatic heterocycles. The zero-order valence-electron chi connectivity index (χ0n) is 12.7. The van der Waals surface area contributed by atoms with Crippen LogP contribution in [0.1, 0.15) is 29.6 Å². The van der Waals surface area contributed by atoms with Gasteiger partial charge in [-0.15, -0.1) is 0 Å². The van der Waals surface area contributed by atoms with Crippen molar-refractivity contribution in [1.82, 2.24) is 9.80 Å². The number of carbonyl (C=O) groups excluding carboxylic acids is 2. The third-order valence-electron chi connectivity index (χ3n) is 4.43. The van der Waals surface area contributed by atoms with Gasteiger partial charge < -0.3 is 14.5 Å². The van der Waals surface area contributed by atoms with Gasteiger partial charge in [0.1, 0.15) is 0 Å². The van der Waals surface area contributed by atoms with Crippen LogP contribution in [0.3, 0.4) is 0 Å². The fraction of sp³-hybridized carbons (Fsp3) is 0.625. The highest BCUT2D eigenvalue weighted by molar-refractivity contribution is 7.08. The molecule has 0 atom stereocenters. The average molecular weight is 322 g/mol. The number of thiophene rings is 1. The smallest absolute Gasteiger partial charge is 0.254 e. The van der Waals surface area contributed by atoms with E-state index in [1.165, 1.54) is 11.3 Å². The summed E-state index contributed by atoms with van der Waals surface area (Å²) in [5.74, 6) is 0.433. The van der Waals surface area contributed by atoms with Gasteiger partial charge in [0.05, 0.1) is 5.56 Å².